The second-order valence-electron chi connectivity index (χ2n) is 6.11. The van der Waals surface area contributed by atoms with Gasteiger partial charge in [-0.2, -0.15) is 8.70 Å². The zero-order valence-corrected chi connectivity index (χ0v) is 14.7. The lowest BCUT2D eigenvalue weighted by atomic mass is 10.1. The summed E-state index contributed by atoms with van der Waals surface area (Å²) >= 11 is 0. The molecule has 3 rings (SSSR count). The van der Waals surface area contributed by atoms with Crippen molar-refractivity contribution in [3.8, 4) is 17.1 Å². The van der Waals surface area contributed by atoms with E-state index in [1.54, 1.807) is 13.8 Å². The molecular weight excluding hydrogens is 375 g/mol. The van der Waals surface area contributed by atoms with Crippen molar-refractivity contribution in [2.75, 3.05) is 13.1 Å². The minimum absolute atomic E-state index is 0.132. The molecule has 1 saturated heterocycles. The van der Waals surface area contributed by atoms with Gasteiger partial charge in [0.2, 0.25) is 15.8 Å². The first-order valence-electron chi connectivity index (χ1n) is 7.72. The third kappa shape index (κ3) is 3.19. The Labute approximate surface area is 147 Å². The number of halogens is 3. The quantitative estimate of drug-likeness (QED) is 0.814. The van der Waals surface area contributed by atoms with Crippen LogP contribution < -0.4 is 0 Å². The van der Waals surface area contributed by atoms with Gasteiger partial charge in [-0.05, 0) is 19.9 Å². The van der Waals surface area contributed by atoms with E-state index in [-0.39, 0.29) is 36.0 Å². The summed E-state index contributed by atoms with van der Waals surface area (Å²) < 4.78 is 77.8. The Balaban J connectivity index is 1.98. The van der Waals surface area contributed by atoms with Gasteiger partial charge in [0.25, 0.3) is 0 Å². The molecule has 0 amide bonds. The van der Waals surface area contributed by atoms with Crippen LogP contribution in [0.2, 0.25) is 0 Å². The first-order chi connectivity index (χ1) is 12.1. The number of furan rings is 1. The van der Waals surface area contributed by atoms with Crippen LogP contribution >= 0.6 is 0 Å². The molecule has 2 aromatic rings. The zero-order valence-electron chi connectivity index (χ0n) is 13.9. The van der Waals surface area contributed by atoms with Gasteiger partial charge in [0.1, 0.15) is 16.9 Å². The number of phenols is 1. The lowest BCUT2D eigenvalue weighted by Gasteiger charge is -2.34. The maximum Gasteiger partial charge on any atom is 0.246 e. The molecule has 1 aromatic carbocycles. The van der Waals surface area contributed by atoms with Gasteiger partial charge in [-0.1, -0.05) is 0 Å². The summed E-state index contributed by atoms with van der Waals surface area (Å²) in [6.07, 6.45) is 0.272. The molecule has 0 bridgehead atoms. The second kappa shape index (κ2) is 6.60. The molecule has 1 N–H and O–H groups in total. The fourth-order valence-electron chi connectivity index (χ4n) is 2.84. The summed E-state index contributed by atoms with van der Waals surface area (Å²) in [5.41, 5.74) is -0.591. The first kappa shape index (κ1) is 18.7. The number of phenolic OH excluding ortho intramolecular Hbond substituents is 1. The van der Waals surface area contributed by atoms with Crippen molar-refractivity contribution in [3.05, 3.63) is 35.8 Å². The summed E-state index contributed by atoms with van der Waals surface area (Å²) in [4.78, 5) is -0.266. The minimum Gasteiger partial charge on any atom is -0.503 e. The number of hydrogen-bond acceptors (Lipinski definition) is 5. The molecule has 1 aliphatic rings. The Bertz CT molecular complexity index is 934. The van der Waals surface area contributed by atoms with E-state index in [1.165, 1.54) is 4.31 Å². The van der Waals surface area contributed by atoms with E-state index in [0.29, 0.717) is 6.07 Å². The number of benzene rings is 1. The predicted molar refractivity (Wildman–Crippen MR) is 84.5 cm³/mol. The number of rotatable bonds is 3. The molecular formula is C16H16F3NO5S. The Morgan fingerprint density at radius 3 is 2.35 bits per heavy atom. The summed E-state index contributed by atoms with van der Waals surface area (Å²) in [6.45, 7) is 3.73. The highest BCUT2D eigenvalue weighted by Gasteiger charge is 2.33. The fraction of sp³-hybridized carbons (Fsp3) is 0.375. The maximum atomic E-state index is 14.0. The molecule has 1 aromatic heterocycles. The number of sulfonamides is 1. The van der Waals surface area contributed by atoms with Crippen molar-refractivity contribution >= 4 is 10.0 Å². The van der Waals surface area contributed by atoms with Gasteiger partial charge >= 0.3 is 0 Å². The van der Waals surface area contributed by atoms with Crippen molar-refractivity contribution in [1.29, 1.82) is 0 Å². The molecule has 2 heterocycles. The van der Waals surface area contributed by atoms with Gasteiger partial charge in [-0.15, -0.1) is 0 Å². The third-order valence-corrected chi connectivity index (χ3v) is 5.79. The average molecular weight is 391 g/mol. The molecule has 0 spiro atoms. The molecule has 0 saturated carbocycles. The number of ether oxygens (including phenoxy) is 1. The molecule has 2 atom stereocenters. The van der Waals surface area contributed by atoms with E-state index in [2.05, 4.69) is 0 Å². The smallest absolute Gasteiger partial charge is 0.246 e. The lowest BCUT2D eigenvalue weighted by molar-refractivity contribution is -0.0440. The van der Waals surface area contributed by atoms with Crippen LogP contribution in [0.3, 0.4) is 0 Å². The van der Waals surface area contributed by atoms with Gasteiger partial charge in [-0.25, -0.2) is 17.2 Å². The number of hydrogen-bond donors (Lipinski definition) is 1. The molecule has 10 heteroatoms. The van der Waals surface area contributed by atoms with Crippen LogP contribution in [0, 0.1) is 17.5 Å². The van der Waals surface area contributed by atoms with Crippen LogP contribution in [-0.4, -0.2) is 43.1 Å². The van der Waals surface area contributed by atoms with Crippen LogP contribution in [0.15, 0.2) is 27.7 Å². The van der Waals surface area contributed by atoms with E-state index in [9.17, 15) is 26.7 Å². The second-order valence-corrected chi connectivity index (χ2v) is 8.05. The van der Waals surface area contributed by atoms with Gasteiger partial charge in [-0.3, -0.25) is 0 Å². The molecule has 26 heavy (non-hydrogen) atoms. The van der Waals surface area contributed by atoms with Crippen LogP contribution in [0.4, 0.5) is 13.2 Å². The summed E-state index contributed by atoms with van der Waals surface area (Å²) in [5, 5.41) is 9.29. The van der Waals surface area contributed by atoms with E-state index in [0.717, 1.165) is 12.3 Å². The average Bonchev–Trinajstić information content (AvgIpc) is 3.06. The number of nitrogens with zero attached hydrogens (tertiary/aromatic N) is 1. The topological polar surface area (TPSA) is 80.0 Å². The van der Waals surface area contributed by atoms with Crippen LogP contribution in [0.5, 0.6) is 5.75 Å². The Hall–Kier alpha value is -2.04. The number of aromatic hydroxyl groups is 1. The van der Waals surface area contributed by atoms with Crippen molar-refractivity contribution in [2.45, 2.75) is 31.0 Å². The number of morpholine rings is 1. The maximum absolute atomic E-state index is 14.0. The molecule has 1 aliphatic heterocycles. The van der Waals surface area contributed by atoms with Crippen molar-refractivity contribution in [2.24, 2.45) is 0 Å². The highest BCUT2D eigenvalue weighted by Crippen LogP contribution is 2.34. The normalized spacial score (nSPS) is 21.9. The van der Waals surface area contributed by atoms with Crippen LogP contribution in [0.1, 0.15) is 13.8 Å². The highest BCUT2D eigenvalue weighted by atomic mass is 32.2. The molecule has 0 unspecified atom stereocenters. The molecule has 1 fully saturated rings. The van der Waals surface area contributed by atoms with Crippen LogP contribution in [-0.2, 0) is 14.8 Å². The van der Waals surface area contributed by atoms with Crippen LogP contribution in [0.25, 0.3) is 11.3 Å². The van der Waals surface area contributed by atoms with E-state index in [4.69, 9.17) is 9.15 Å². The van der Waals surface area contributed by atoms with Gasteiger partial charge in [0.05, 0.1) is 17.8 Å². The molecule has 0 radical (unpaired) electrons. The van der Waals surface area contributed by atoms with Gasteiger partial charge < -0.3 is 14.3 Å². The monoisotopic (exact) mass is 391 g/mol. The highest BCUT2D eigenvalue weighted by molar-refractivity contribution is 7.89. The first-order valence-corrected chi connectivity index (χ1v) is 9.16. The summed E-state index contributed by atoms with van der Waals surface area (Å²) in [6, 6.07) is 1.48. The Morgan fingerprint density at radius 2 is 1.73 bits per heavy atom. The summed E-state index contributed by atoms with van der Waals surface area (Å²) in [7, 11) is -3.95. The van der Waals surface area contributed by atoms with Gasteiger partial charge in [0.15, 0.2) is 17.4 Å². The summed E-state index contributed by atoms with van der Waals surface area (Å²) in [5.74, 6) is -6.53. The molecule has 142 valence electrons. The third-order valence-electron chi connectivity index (χ3n) is 4.00. The van der Waals surface area contributed by atoms with Crippen molar-refractivity contribution in [3.63, 3.8) is 0 Å². The lowest BCUT2D eigenvalue weighted by Crippen LogP contribution is -2.47. The Morgan fingerprint density at radius 1 is 1.12 bits per heavy atom. The van der Waals surface area contributed by atoms with Gasteiger partial charge in [0, 0.05) is 19.2 Å². The predicted octanol–water partition coefficient (Wildman–Crippen LogP) is 2.87. The van der Waals surface area contributed by atoms with E-state index >= 15 is 0 Å². The Kier molecular flexibility index (Phi) is 4.76. The minimum atomic E-state index is -3.95. The standard InChI is InChI=1S/C16H16F3NO5S/c1-8-5-20(6-9(2)25-8)26(22,23)10-3-13(24-7-10)11-4-12(17)15(19)16(21)14(11)18/h3-4,7-9,21H,5-6H2,1-2H3/t8-,9+. The van der Waals surface area contributed by atoms with E-state index < -0.39 is 38.8 Å². The van der Waals surface area contributed by atoms with Crippen molar-refractivity contribution in [1.82, 2.24) is 4.31 Å². The van der Waals surface area contributed by atoms with Crippen molar-refractivity contribution < 1.29 is 35.8 Å². The SMILES string of the molecule is C[C@@H]1CN(S(=O)(=O)c2coc(-c3cc(F)c(F)c(O)c3F)c2)C[C@H](C)O1. The largest absolute Gasteiger partial charge is 0.503 e. The fourth-order valence-corrected chi connectivity index (χ4v) is 4.38. The zero-order chi connectivity index (χ0) is 19.2. The molecule has 6 nitrogen and oxygen atoms in total. The molecule has 0 aliphatic carbocycles. The van der Waals surface area contributed by atoms with E-state index in [1.807, 2.05) is 0 Å².